The van der Waals surface area contributed by atoms with Crippen LogP contribution in [0.5, 0.6) is 0 Å². The largest absolute Gasteiger partial charge is 0.418 e. The van der Waals surface area contributed by atoms with Crippen molar-refractivity contribution in [3.8, 4) is 0 Å². The Labute approximate surface area is 193 Å². The van der Waals surface area contributed by atoms with E-state index >= 15 is 0 Å². The normalized spacial score (nSPS) is 11.4. The first kappa shape index (κ1) is 24.4. The van der Waals surface area contributed by atoms with Gasteiger partial charge < -0.3 is 14.8 Å². The van der Waals surface area contributed by atoms with E-state index in [1.54, 1.807) is 4.90 Å². The van der Waals surface area contributed by atoms with Crippen LogP contribution >= 0.6 is 0 Å². The zero-order valence-electron chi connectivity index (χ0n) is 19.0. The summed E-state index contributed by atoms with van der Waals surface area (Å²) in [5.74, 6) is 0. The number of benzene rings is 2. The molecule has 0 aliphatic carbocycles. The van der Waals surface area contributed by atoms with Crippen molar-refractivity contribution in [2.45, 2.75) is 52.4 Å². The maximum atomic E-state index is 13.4. The van der Waals surface area contributed by atoms with Crippen molar-refractivity contribution >= 4 is 11.7 Å². The molecular weight excluding hydrogens is 427 g/mol. The Balaban J connectivity index is 1.79. The number of carbonyl (C=O) groups is 1. The number of amides is 2. The van der Waals surface area contributed by atoms with Crippen molar-refractivity contribution in [3.05, 3.63) is 89.2 Å². The summed E-state index contributed by atoms with van der Waals surface area (Å²) in [6.45, 7) is 5.53. The van der Waals surface area contributed by atoms with Crippen LogP contribution in [0.1, 0.15) is 48.6 Å². The van der Waals surface area contributed by atoms with E-state index in [1.165, 1.54) is 23.8 Å². The van der Waals surface area contributed by atoms with Gasteiger partial charge >= 0.3 is 12.2 Å². The van der Waals surface area contributed by atoms with Gasteiger partial charge in [-0.3, -0.25) is 0 Å². The van der Waals surface area contributed by atoms with Gasteiger partial charge in [-0.05, 0) is 43.2 Å². The number of alkyl halides is 3. The molecule has 0 unspecified atom stereocenters. The van der Waals surface area contributed by atoms with Gasteiger partial charge in [0.25, 0.3) is 0 Å². The lowest BCUT2D eigenvalue weighted by molar-refractivity contribution is -0.136. The summed E-state index contributed by atoms with van der Waals surface area (Å²) in [6, 6.07) is 16.6. The van der Waals surface area contributed by atoms with Crippen molar-refractivity contribution in [2.75, 3.05) is 11.9 Å². The van der Waals surface area contributed by atoms with E-state index in [0.29, 0.717) is 19.6 Å². The lowest BCUT2D eigenvalue weighted by Crippen LogP contribution is -2.36. The average molecular weight is 458 g/mol. The Morgan fingerprint density at radius 3 is 2.55 bits per heavy atom. The summed E-state index contributed by atoms with van der Waals surface area (Å²) in [5, 5.41) is 2.49. The van der Waals surface area contributed by atoms with Crippen LogP contribution in [0.25, 0.3) is 0 Å². The highest BCUT2D eigenvalue weighted by atomic mass is 19.4. The molecule has 3 aromatic rings. The van der Waals surface area contributed by atoms with Crippen LogP contribution < -0.4 is 5.32 Å². The number of hydrogen-bond donors (Lipinski definition) is 1. The van der Waals surface area contributed by atoms with E-state index in [2.05, 4.69) is 28.9 Å². The average Bonchev–Trinajstić information content (AvgIpc) is 3.19. The summed E-state index contributed by atoms with van der Waals surface area (Å²) in [7, 11) is 0. The van der Waals surface area contributed by atoms with Crippen molar-refractivity contribution in [1.29, 1.82) is 0 Å². The number of carbonyl (C=O) groups excluding carboxylic acids is 1. The molecule has 2 aromatic carbocycles. The van der Waals surface area contributed by atoms with E-state index in [4.69, 9.17) is 0 Å². The highest BCUT2D eigenvalue weighted by Gasteiger charge is 2.34. The number of halogens is 3. The minimum absolute atomic E-state index is 0.231. The maximum absolute atomic E-state index is 13.4. The van der Waals surface area contributed by atoms with E-state index in [-0.39, 0.29) is 5.69 Å². The molecule has 176 valence electrons. The lowest BCUT2D eigenvalue weighted by atomic mass is 10.1. The summed E-state index contributed by atoms with van der Waals surface area (Å²) >= 11 is 0. The Morgan fingerprint density at radius 2 is 1.82 bits per heavy atom. The SMILES string of the molecule is CCCCCN(Cc1cccn1Cc1cccc(C)c1)C(=O)Nc1ccccc1C(F)(F)F. The van der Waals surface area contributed by atoms with Crippen molar-refractivity contribution in [3.63, 3.8) is 0 Å². The number of aromatic nitrogens is 1. The molecule has 0 fully saturated rings. The number of rotatable bonds is 9. The van der Waals surface area contributed by atoms with Crippen molar-refractivity contribution in [1.82, 2.24) is 9.47 Å². The number of nitrogens with one attached hydrogen (secondary N) is 1. The first-order valence-corrected chi connectivity index (χ1v) is 11.2. The third-order valence-electron chi connectivity index (χ3n) is 5.50. The van der Waals surface area contributed by atoms with Gasteiger partial charge in [0, 0.05) is 25.0 Å². The van der Waals surface area contributed by atoms with Gasteiger partial charge in [-0.25, -0.2) is 4.79 Å². The Hall–Kier alpha value is -3.22. The summed E-state index contributed by atoms with van der Waals surface area (Å²) in [5.41, 5.74) is 2.16. The van der Waals surface area contributed by atoms with Crippen LogP contribution in [0.4, 0.5) is 23.7 Å². The molecule has 0 atom stereocenters. The van der Waals surface area contributed by atoms with Gasteiger partial charge in [-0.1, -0.05) is 61.7 Å². The highest BCUT2D eigenvalue weighted by Crippen LogP contribution is 2.34. The van der Waals surface area contributed by atoms with E-state index < -0.39 is 17.8 Å². The number of unbranched alkanes of at least 4 members (excludes halogenated alkanes) is 2. The number of anilines is 1. The van der Waals surface area contributed by atoms with E-state index in [9.17, 15) is 18.0 Å². The van der Waals surface area contributed by atoms with E-state index in [0.717, 1.165) is 36.6 Å². The first-order chi connectivity index (χ1) is 15.8. The van der Waals surface area contributed by atoms with Gasteiger partial charge in [-0.2, -0.15) is 13.2 Å². The monoisotopic (exact) mass is 457 g/mol. The second-order valence-corrected chi connectivity index (χ2v) is 8.22. The third kappa shape index (κ3) is 6.88. The molecule has 0 spiro atoms. The third-order valence-corrected chi connectivity index (χ3v) is 5.50. The van der Waals surface area contributed by atoms with Crippen LogP contribution in [0.15, 0.2) is 66.9 Å². The van der Waals surface area contributed by atoms with E-state index in [1.807, 2.05) is 37.4 Å². The molecule has 3 rings (SSSR count). The molecule has 1 aromatic heterocycles. The molecule has 33 heavy (non-hydrogen) atoms. The molecule has 0 aliphatic rings. The number of hydrogen-bond acceptors (Lipinski definition) is 1. The summed E-state index contributed by atoms with van der Waals surface area (Å²) in [4.78, 5) is 14.7. The quantitative estimate of drug-likeness (QED) is 0.342. The molecule has 2 amide bonds. The number of para-hydroxylation sites is 1. The Morgan fingerprint density at radius 1 is 1.03 bits per heavy atom. The second-order valence-electron chi connectivity index (χ2n) is 8.22. The molecule has 4 nitrogen and oxygen atoms in total. The fourth-order valence-corrected chi connectivity index (χ4v) is 3.79. The predicted molar refractivity (Wildman–Crippen MR) is 125 cm³/mol. The minimum Gasteiger partial charge on any atom is -0.345 e. The first-order valence-electron chi connectivity index (χ1n) is 11.2. The molecule has 7 heteroatoms. The molecule has 0 saturated heterocycles. The molecule has 0 bridgehead atoms. The predicted octanol–water partition coefficient (Wildman–Crippen LogP) is 7.09. The fraction of sp³-hybridized carbons (Fsp3) is 0.346. The zero-order chi connectivity index (χ0) is 23.8. The molecule has 1 N–H and O–H groups in total. The van der Waals surface area contributed by atoms with Crippen molar-refractivity contribution < 1.29 is 18.0 Å². The molecule has 0 aliphatic heterocycles. The Kier molecular flexibility index (Phi) is 8.20. The Bertz CT molecular complexity index is 1060. The fourth-order valence-electron chi connectivity index (χ4n) is 3.79. The van der Waals surface area contributed by atoms with Gasteiger partial charge in [0.15, 0.2) is 0 Å². The number of urea groups is 1. The topological polar surface area (TPSA) is 37.3 Å². The van der Waals surface area contributed by atoms with Gasteiger partial charge in [-0.15, -0.1) is 0 Å². The maximum Gasteiger partial charge on any atom is 0.418 e. The summed E-state index contributed by atoms with van der Waals surface area (Å²) < 4.78 is 42.2. The van der Waals surface area contributed by atoms with Crippen LogP contribution in [0.3, 0.4) is 0 Å². The molecule has 1 heterocycles. The van der Waals surface area contributed by atoms with Crippen LogP contribution in [0.2, 0.25) is 0 Å². The molecule has 0 radical (unpaired) electrons. The minimum atomic E-state index is -4.54. The van der Waals surface area contributed by atoms with Gasteiger partial charge in [0.05, 0.1) is 17.8 Å². The second kappa shape index (κ2) is 11.1. The van der Waals surface area contributed by atoms with Crippen molar-refractivity contribution in [2.24, 2.45) is 0 Å². The zero-order valence-corrected chi connectivity index (χ0v) is 19.0. The number of nitrogens with zero attached hydrogens (tertiary/aromatic N) is 2. The molecule has 0 saturated carbocycles. The summed E-state index contributed by atoms with van der Waals surface area (Å²) in [6.07, 6.45) is 0.116. The van der Waals surface area contributed by atoms with Gasteiger partial charge in [0.2, 0.25) is 0 Å². The van der Waals surface area contributed by atoms with Gasteiger partial charge in [0.1, 0.15) is 0 Å². The highest BCUT2D eigenvalue weighted by molar-refractivity contribution is 5.90. The smallest absolute Gasteiger partial charge is 0.345 e. The standard InChI is InChI=1S/C26H30F3N3O/c1-3-4-7-15-32(25(33)30-24-14-6-5-13-23(24)26(27,28)29)19-22-12-9-16-31(22)18-21-11-8-10-20(2)17-21/h5-6,8-14,16-17H,3-4,7,15,18-19H2,1-2H3,(H,30,33). The van der Waals surface area contributed by atoms with Crippen LogP contribution in [-0.2, 0) is 19.3 Å². The van der Waals surface area contributed by atoms with Crippen LogP contribution in [0, 0.1) is 6.92 Å². The number of aryl methyl sites for hydroxylation is 1. The lowest BCUT2D eigenvalue weighted by Gasteiger charge is -2.25. The van der Waals surface area contributed by atoms with Crippen LogP contribution in [-0.4, -0.2) is 22.0 Å². The molecular formula is C26H30F3N3O.